The minimum atomic E-state index is -1.49. The van der Waals surface area contributed by atoms with E-state index in [1.54, 1.807) is 12.1 Å². The van der Waals surface area contributed by atoms with Gasteiger partial charge in [-0.15, -0.1) is 0 Å². The van der Waals surface area contributed by atoms with Crippen molar-refractivity contribution in [3.05, 3.63) is 42.0 Å². The average Bonchev–Trinajstić information content (AvgIpc) is 2.88. The van der Waals surface area contributed by atoms with E-state index in [1.807, 2.05) is 0 Å². The third-order valence-electron chi connectivity index (χ3n) is 4.80. The highest BCUT2D eigenvalue weighted by molar-refractivity contribution is 6.01. The number of benzene rings is 1. The van der Waals surface area contributed by atoms with Crippen LogP contribution in [0.5, 0.6) is 5.75 Å². The number of carbonyl (C=O) groups excluding carboxylic acids is 6. The van der Waals surface area contributed by atoms with Gasteiger partial charge in [0.25, 0.3) is 0 Å². The Bertz CT molecular complexity index is 1060. The second kappa shape index (κ2) is 17.4. The van der Waals surface area contributed by atoms with Gasteiger partial charge < -0.3 is 34.7 Å². The number of esters is 3. The zero-order valence-corrected chi connectivity index (χ0v) is 22.9. The molecule has 13 nitrogen and oxygen atoms in total. The summed E-state index contributed by atoms with van der Waals surface area (Å²) in [7, 11) is 0. The van der Waals surface area contributed by atoms with Gasteiger partial charge in [0.2, 0.25) is 11.8 Å². The summed E-state index contributed by atoms with van der Waals surface area (Å²) in [6, 6.07) is 6.11. The number of ether oxygens (including phenoxy) is 4. The molecule has 3 N–H and O–H groups in total. The van der Waals surface area contributed by atoms with Gasteiger partial charge in [0, 0.05) is 30.6 Å². The first-order valence-electron chi connectivity index (χ1n) is 12.5. The topological polar surface area (TPSA) is 184 Å². The summed E-state index contributed by atoms with van der Waals surface area (Å²) >= 11 is 0. The lowest BCUT2D eigenvalue weighted by Gasteiger charge is -2.15. The van der Waals surface area contributed by atoms with Gasteiger partial charge >= 0.3 is 17.9 Å². The zero-order valence-electron chi connectivity index (χ0n) is 22.9. The monoisotopic (exact) mass is 564 g/mol. The van der Waals surface area contributed by atoms with Crippen molar-refractivity contribution in [1.82, 2.24) is 10.6 Å². The molecule has 40 heavy (non-hydrogen) atoms. The molecule has 0 bridgehead atoms. The zero-order chi connectivity index (χ0) is 30.1. The highest BCUT2D eigenvalue weighted by atomic mass is 16.6. The van der Waals surface area contributed by atoms with Crippen LogP contribution in [0.2, 0.25) is 0 Å². The minimum Gasteiger partial charge on any atom is -0.490 e. The van der Waals surface area contributed by atoms with Crippen LogP contribution >= 0.6 is 0 Å². The van der Waals surface area contributed by atoms with Crippen molar-refractivity contribution in [2.24, 2.45) is 0 Å². The number of amides is 2. The largest absolute Gasteiger partial charge is 0.490 e. The van der Waals surface area contributed by atoms with Gasteiger partial charge in [-0.1, -0.05) is 6.58 Å². The third-order valence-corrected chi connectivity index (χ3v) is 4.80. The predicted molar refractivity (Wildman–Crippen MR) is 140 cm³/mol. The lowest BCUT2D eigenvalue weighted by molar-refractivity contribution is -0.149. The molecule has 0 aliphatic heterocycles. The van der Waals surface area contributed by atoms with Crippen molar-refractivity contribution in [3.63, 3.8) is 0 Å². The summed E-state index contributed by atoms with van der Waals surface area (Å²) in [6.07, 6.45) is -0.775. The molecular formula is C27H36N2O11. The van der Waals surface area contributed by atoms with Crippen LogP contribution in [0.15, 0.2) is 36.4 Å². The summed E-state index contributed by atoms with van der Waals surface area (Å²) in [5.74, 6) is -3.28. The Morgan fingerprint density at radius 2 is 1.30 bits per heavy atom. The van der Waals surface area contributed by atoms with Gasteiger partial charge in [-0.05, 0) is 45.0 Å². The number of Topliss-reactive ketones (excluding diaryl/α,β-unsaturated/α-hetero) is 1. The molecule has 0 saturated heterocycles. The Morgan fingerprint density at radius 1 is 0.800 bits per heavy atom. The molecule has 0 atom stereocenters. The van der Waals surface area contributed by atoms with Crippen LogP contribution < -0.4 is 15.4 Å². The molecule has 1 aromatic carbocycles. The van der Waals surface area contributed by atoms with E-state index < -0.39 is 53.9 Å². The van der Waals surface area contributed by atoms with Crippen molar-refractivity contribution in [2.75, 3.05) is 39.5 Å². The maximum atomic E-state index is 12.0. The number of rotatable bonds is 18. The summed E-state index contributed by atoms with van der Waals surface area (Å²) in [4.78, 5) is 70.2. The first-order chi connectivity index (χ1) is 18.8. The second-order valence-electron chi connectivity index (χ2n) is 9.03. The lowest BCUT2D eigenvalue weighted by atomic mass is 9.97. The van der Waals surface area contributed by atoms with Crippen molar-refractivity contribution in [2.45, 2.75) is 45.6 Å². The number of hydrogen-bond acceptors (Lipinski definition) is 11. The maximum absolute atomic E-state index is 12.0. The Morgan fingerprint density at radius 3 is 1.80 bits per heavy atom. The average molecular weight is 565 g/mol. The third kappa shape index (κ3) is 14.6. The van der Waals surface area contributed by atoms with E-state index in [2.05, 4.69) is 17.2 Å². The van der Waals surface area contributed by atoms with Crippen LogP contribution in [0.25, 0.3) is 0 Å². The van der Waals surface area contributed by atoms with Crippen LogP contribution in [0, 0.1) is 0 Å². The lowest BCUT2D eigenvalue weighted by Crippen LogP contribution is -2.36. The number of nitrogens with one attached hydrogen (secondary N) is 2. The summed E-state index contributed by atoms with van der Waals surface area (Å²) < 4.78 is 20.1. The van der Waals surface area contributed by atoms with Crippen molar-refractivity contribution < 1.29 is 52.8 Å². The Hall–Kier alpha value is -4.26. The Balaban J connectivity index is 2.11. The number of carbonyl (C=O) groups is 6. The van der Waals surface area contributed by atoms with Gasteiger partial charge in [0.1, 0.15) is 37.4 Å². The highest BCUT2D eigenvalue weighted by Crippen LogP contribution is 2.17. The van der Waals surface area contributed by atoms with Crippen LogP contribution in [0.1, 0.15) is 50.4 Å². The van der Waals surface area contributed by atoms with Gasteiger partial charge in [0.15, 0.2) is 5.78 Å². The molecule has 0 fully saturated rings. The Kier molecular flexibility index (Phi) is 14.6. The van der Waals surface area contributed by atoms with E-state index in [4.69, 9.17) is 18.9 Å². The summed E-state index contributed by atoms with van der Waals surface area (Å²) in [6.45, 7) is 7.73. The van der Waals surface area contributed by atoms with E-state index in [9.17, 15) is 33.9 Å². The van der Waals surface area contributed by atoms with Crippen LogP contribution in [0.4, 0.5) is 0 Å². The summed E-state index contributed by atoms with van der Waals surface area (Å²) in [5, 5.41) is 14.6. The fraction of sp³-hybridized carbons (Fsp3) is 0.481. The van der Waals surface area contributed by atoms with Crippen LogP contribution in [0.3, 0.4) is 0 Å². The maximum Gasteiger partial charge on any atom is 0.333 e. The molecule has 1 rings (SSSR count). The molecule has 0 radical (unpaired) electrons. The molecule has 0 spiro atoms. The molecule has 13 heteroatoms. The minimum absolute atomic E-state index is 0.0169. The van der Waals surface area contributed by atoms with Gasteiger partial charge in [-0.3, -0.25) is 24.0 Å². The van der Waals surface area contributed by atoms with Gasteiger partial charge in [0.05, 0.1) is 13.2 Å². The molecule has 0 aromatic heterocycles. The highest BCUT2D eigenvalue weighted by Gasteiger charge is 2.25. The standard InChI is InChI=1S/C27H36N2O11/c1-18(2)26(35)40-13-5-12-38-23(32)16-21(30)28-10-11-29-22(31)17-24(33)39-15-14-37-20-8-6-19(7-9-20)25(34)27(3,4)36/h6-9,36H,1,5,10-17H2,2-4H3,(H,28,30)(H,29,31). The molecular weight excluding hydrogens is 528 g/mol. The molecule has 0 aliphatic carbocycles. The normalized spacial score (nSPS) is 10.6. The van der Waals surface area contributed by atoms with Crippen LogP contribution in [-0.2, 0) is 38.2 Å². The molecule has 0 unspecified atom stereocenters. The number of ketones is 1. The number of aliphatic hydroxyl groups is 1. The van der Waals surface area contributed by atoms with E-state index in [1.165, 1.54) is 32.9 Å². The Labute approximate surface area is 232 Å². The van der Waals surface area contributed by atoms with Crippen LogP contribution in [-0.4, -0.2) is 85.7 Å². The van der Waals surface area contributed by atoms with E-state index in [0.717, 1.165) is 0 Å². The van der Waals surface area contributed by atoms with Gasteiger partial charge in [-0.25, -0.2) is 4.79 Å². The van der Waals surface area contributed by atoms with Crippen molar-refractivity contribution >= 4 is 35.5 Å². The first-order valence-corrected chi connectivity index (χ1v) is 12.5. The molecule has 0 aliphatic rings. The quantitative estimate of drug-likeness (QED) is 0.0567. The molecule has 0 saturated carbocycles. The molecule has 220 valence electrons. The fourth-order valence-corrected chi connectivity index (χ4v) is 2.80. The van der Waals surface area contributed by atoms with E-state index in [-0.39, 0.29) is 51.5 Å². The van der Waals surface area contributed by atoms with E-state index in [0.29, 0.717) is 11.3 Å². The molecule has 2 amide bonds. The smallest absolute Gasteiger partial charge is 0.333 e. The number of hydrogen-bond donors (Lipinski definition) is 3. The predicted octanol–water partition coefficient (Wildman–Crippen LogP) is 0.627. The van der Waals surface area contributed by atoms with Crippen molar-refractivity contribution in [3.8, 4) is 5.75 Å². The SMILES string of the molecule is C=C(C)C(=O)OCCCOC(=O)CC(=O)NCCNC(=O)CC(=O)OCCOc1ccc(C(=O)C(C)(C)O)cc1. The van der Waals surface area contributed by atoms with Crippen molar-refractivity contribution in [1.29, 1.82) is 0 Å². The van der Waals surface area contributed by atoms with Gasteiger partial charge in [-0.2, -0.15) is 0 Å². The van der Waals surface area contributed by atoms with E-state index >= 15 is 0 Å². The molecule has 0 heterocycles. The fourth-order valence-electron chi connectivity index (χ4n) is 2.80. The first kappa shape index (κ1) is 33.8. The second-order valence-corrected chi connectivity index (χ2v) is 9.03. The summed E-state index contributed by atoms with van der Waals surface area (Å²) in [5.41, 5.74) is -0.901. The molecule has 1 aromatic rings.